The van der Waals surface area contributed by atoms with Crippen molar-refractivity contribution in [1.29, 1.82) is 0 Å². The third kappa shape index (κ3) is 751. The largest absolute Gasteiger partial charge is 3.00 e. The summed E-state index contributed by atoms with van der Waals surface area (Å²) in [6, 6.07) is 0. The second kappa shape index (κ2) is 104. The topological polar surface area (TPSA) is 241 Å². The smallest absolute Gasteiger partial charge is 1.00 e. The molecule has 0 aromatic carbocycles. The molecule has 0 amide bonds. The van der Waals surface area contributed by atoms with Crippen molar-refractivity contribution in [2.24, 2.45) is 0 Å². The Kier molecular flexibility index (Phi) is 530. The first-order valence-electron chi connectivity index (χ1n) is 2.00. The van der Waals surface area contributed by atoms with Crippen LogP contribution in [0, 0.1) is 0 Å². The molecule has 0 aliphatic carbocycles. The minimum Gasteiger partial charge on any atom is -1.00 e. The Labute approximate surface area is 502 Å². The maximum absolute atomic E-state index is 8.52. The Bertz CT molecular complexity index is 452. The molecule has 0 aromatic heterocycles. The van der Waals surface area contributed by atoms with Crippen molar-refractivity contribution in [3.05, 3.63) is 0 Å². The van der Waals surface area contributed by atoms with Crippen LogP contribution in [0.3, 0.4) is 0 Å². The molecule has 35 heavy (non-hydrogen) atoms. The molecular formula is H54Al20O12S3. The van der Waals surface area contributed by atoms with Gasteiger partial charge >= 0.3 is 347 Å². The van der Waals surface area contributed by atoms with Crippen LogP contribution in [0.25, 0.3) is 0 Å². The quantitative estimate of drug-likeness (QED) is 0.126. The number of hydrogen-bond donors (Lipinski definition) is 0. The Balaban J connectivity index is -0.000000000229. The summed E-state index contributed by atoms with van der Waals surface area (Å²) in [6.07, 6.45) is 0. The molecule has 0 saturated heterocycles. The van der Waals surface area contributed by atoms with Gasteiger partial charge in [-0.15, -0.1) is 0 Å². The normalized spacial score (nSPS) is 4.97. The summed E-state index contributed by atoms with van der Waals surface area (Å²) in [4.78, 5) is 0. The van der Waals surface area contributed by atoms with E-state index in [1.165, 1.54) is 0 Å². The van der Waals surface area contributed by atoms with E-state index in [9.17, 15) is 0 Å². The predicted molar refractivity (Wildman–Crippen MR) is 207 cm³/mol. The van der Waals surface area contributed by atoms with Crippen molar-refractivity contribution >= 4 is 378 Å². The Morgan fingerprint density at radius 3 is 0.229 bits per heavy atom. The average Bonchev–Trinajstić information content (AvgIpc) is 1.41. The van der Waals surface area contributed by atoms with Crippen LogP contribution in [0.5, 0.6) is 0 Å². The summed E-state index contributed by atoms with van der Waals surface area (Å²) in [5, 5.41) is 0. The first kappa shape index (κ1) is 179. The molecule has 12 nitrogen and oxygen atoms in total. The van der Waals surface area contributed by atoms with E-state index in [1.807, 2.05) is 0 Å². The maximum Gasteiger partial charge on any atom is 3.00 e. The maximum atomic E-state index is 8.52. The Morgan fingerprint density at radius 2 is 0.229 bits per heavy atom. The molecule has 0 saturated carbocycles. The van der Waals surface area contributed by atoms with Gasteiger partial charge in [0.2, 0.25) is 0 Å². The van der Waals surface area contributed by atoms with Crippen molar-refractivity contribution in [1.82, 2.24) is 0 Å². The van der Waals surface area contributed by atoms with Crippen LogP contribution in [0.15, 0.2) is 0 Å². The summed E-state index contributed by atoms with van der Waals surface area (Å²) in [5.74, 6) is 0. The molecule has 0 bridgehead atoms. The summed E-state index contributed by atoms with van der Waals surface area (Å²) < 4.78 is 102. The third-order valence-corrected chi connectivity index (χ3v) is 0. The van der Waals surface area contributed by atoms with Gasteiger partial charge in [-0.3, -0.25) is 25.3 Å². The molecule has 0 radical (unpaired) electrons. The van der Waals surface area contributed by atoms with Crippen molar-refractivity contribution in [2.45, 2.75) is 0 Å². The van der Waals surface area contributed by atoms with Gasteiger partial charge < -0.3 is 104 Å². The van der Waals surface area contributed by atoms with Gasteiger partial charge in [0.25, 0.3) is 0 Å². The molecule has 35 heteroatoms. The van der Waals surface area contributed by atoms with E-state index in [-0.39, 0.29) is 424 Å². The van der Waals surface area contributed by atoms with E-state index >= 15 is 0 Å². The zero-order chi connectivity index (χ0) is 13.5. The van der Waals surface area contributed by atoms with Crippen molar-refractivity contribution in [2.75, 3.05) is 0 Å². The molecule has 0 unspecified atom stereocenters. The van der Waals surface area contributed by atoms with Crippen molar-refractivity contribution in [3.63, 3.8) is 0 Å². The van der Waals surface area contributed by atoms with Crippen molar-refractivity contribution in [3.8, 4) is 0 Å². The van der Waals surface area contributed by atoms with E-state index in [2.05, 4.69) is 0 Å². The van der Waals surface area contributed by atoms with E-state index in [0.717, 1.165) is 0 Å². The molecule has 0 rings (SSSR count). The van der Waals surface area contributed by atoms with Crippen LogP contribution >= 0.6 is 0 Å². The standard InChI is InChI=1S/20Al.3H2O4S.54H/c;;;;;;;;;;;;;;;;;;;;3*1-5(2,3)4;;;;;;;;;;;;;;;;;;;;;;;;;;;;;;;;;;;;;;;;;;;;;;;;;;;;;;/h;;;;;;;;;;;;;;;;;;;;3*(H2,1,2,3,4);;;;;;;;;;;;;;;;;;;;;;;;;;;;;;;;;;;;;;;;;;;;;;;;;;;;;;/q20*+3;;;;54*-1/p-6. The van der Waals surface area contributed by atoms with Gasteiger partial charge in [0, 0.05) is 31.2 Å². The molecule has 0 heterocycles. The molecule has 0 fully saturated rings. The van der Waals surface area contributed by atoms with E-state index < -0.39 is 31.2 Å². The zero-order valence-electron chi connectivity index (χ0n) is 71.7. The Hall–Kier alpha value is 10.3. The predicted octanol–water partition coefficient (Wildman–Crippen LogP) is -5.55. The molecule has 0 atom stereocenters. The van der Waals surface area contributed by atoms with Gasteiger partial charge in [-0.1, -0.05) is 0 Å². The van der Waals surface area contributed by atoms with Crippen LogP contribution in [-0.2, 0) is 31.2 Å². The molecule has 0 aliphatic rings. The number of hydrogen-bond acceptors (Lipinski definition) is 12. The van der Waals surface area contributed by atoms with Gasteiger partial charge in [-0.2, -0.15) is 0 Å². The van der Waals surface area contributed by atoms with Crippen LogP contribution in [0.1, 0.15) is 77.0 Å². The van der Waals surface area contributed by atoms with Crippen LogP contribution in [0.2, 0.25) is 0 Å². The fourth-order valence-electron chi connectivity index (χ4n) is 0. The van der Waals surface area contributed by atoms with Gasteiger partial charge in [-0.05, 0) is 0 Å². The summed E-state index contributed by atoms with van der Waals surface area (Å²) in [6.45, 7) is 0. The van der Waals surface area contributed by atoms with Gasteiger partial charge in [0.1, 0.15) is 0 Å². The van der Waals surface area contributed by atoms with E-state index in [1.54, 1.807) is 0 Å². The second-order valence-electron chi connectivity index (χ2n) is 1.22. The molecule has 204 valence electrons. The van der Waals surface area contributed by atoms with E-state index in [4.69, 9.17) is 52.6 Å². The fourth-order valence-corrected chi connectivity index (χ4v) is 0. The van der Waals surface area contributed by atoms with Crippen LogP contribution in [0.4, 0.5) is 0 Å². The van der Waals surface area contributed by atoms with Crippen LogP contribution < -0.4 is 0 Å². The van der Waals surface area contributed by atoms with Gasteiger partial charge in [0.05, 0.1) is 0 Å². The van der Waals surface area contributed by atoms with E-state index in [0.29, 0.717) is 0 Å². The summed E-state index contributed by atoms with van der Waals surface area (Å²) >= 11 is 0. The molecule has 0 aromatic rings. The first-order valence-corrected chi connectivity index (χ1v) is 6.00. The van der Waals surface area contributed by atoms with Gasteiger partial charge in [-0.25, -0.2) is 0 Å². The average molecular weight is 882 g/mol. The Morgan fingerprint density at radius 1 is 0.229 bits per heavy atom. The van der Waals surface area contributed by atoms with Crippen molar-refractivity contribution < 1.29 is 130 Å². The SMILES string of the molecule is O=S(=O)([O-])[O-].O=S(=O)([O-])[O-].O=S(=O)([O-])[O-].[Al+3].[Al+3].[Al+3].[Al+3].[Al+3].[Al+3].[Al+3].[Al+3].[Al+3].[Al+3].[Al+3].[Al+3].[Al+3].[Al+3].[Al+3].[Al+3].[Al+3].[Al+3].[Al+3].[Al+3].[H-].[H-].[H-].[H-].[H-].[H-].[H-].[H-].[H-].[H-].[H-].[H-].[H-].[H-].[H-].[H-].[H-].[H-].[H-].[H-].[H-].[H-].[H-].[H-].[H-].[H-].[H-].[H-].[H-].[H-].[H-].[H-].[H-].[H-].[H-].[H-].[H-].[H-].[H-].[H-].[H-].[H-].[H-].[H-].[H-].[H-].[H-].[H-].[H-].[H-].[H-].[H-].[H-].[H-]. The monoisotopic (exact) mass is 882 g/mol. The summed E-state index contributed by atoms with van der Waals surface area (Å²) in [7, 11) is -15.5. The molecule has 0 N–H and O–H groups in total. The minimum absolute atomic E-state index is 0. The zero-order valence-corrected chi connectivity index (χ0v) is 43.2. The summed E-state index contributed by atoms with van der Waals surface area (Å²) in [5.41, 5.74) is 0. The molecular weight excluding hydrogens is 828 g/mol. The molecule has 0 aliphatic heterocycles. The minimum atomic E-state index is -5.17. The first-order chi connectivity index (χ1) is 6.00. The number of rotatable bonds is 0. The molecule has 0 spiro atoms. The fraction of sp³-hybridized carbons (Fsp3) is 0. The van der Waals surface area contributed by atoms with Crippen LogP contribution in [-0.4, -0.2) is 400 Å². The third-order valence-electron chi connectivity index (χ3n) is 0. The van der Waals surface area contributed by atoms with Gasteiger partial charge in [0.15, 0.2) is 0 Å². The second-order valence-corrected chi connectivity index (χ2v) is 3.67.